The van der Waals surface area contributed by atoms with Crippen LogP contribution < -0.4 is 10.3 Å². The smallest absolute Gasteiger partial charge is 0.253 e. The molecule has 0 bridgehead atoms. The molecular weight excluding hydrogens is 589 g/mol. The van der Waals surface area contributed by atoms with E-state index >= 15 is 0 Å². The monoisotopic (exact) mass is 639 g/mol. The zero-order valence-electron chi connectivity index (χ0n) is 29.7. The number of Topliss-reactive ketones (excluding diaryl/α,β-unsaturated/α-hetero) is 1. The van der Waals surface area contributed by atoms with Crippen molar-refractivity contribution in [3.63, 3.8) is 0 Å². The average molecular weight is 640 g/mol. The van der Waals surface area contributed by atoms with Crippen molar-refractivity contribution in [2.24, 2.45) is 7.05 Å². The zero-order valence-corrected chi connectivity index (χ0v) is 29.7. The lowest BCUT2D eigenvalue weighted by molar-refractivity contribution is -0.115. The normalized spacial score (nSPS) is 11.6. The van der Waals surface area contributed by atoms with Gasteiger partial charge in [0.1, 0.15) is 17.3 Å². The summed E-state index contributed by atoms with van der Waals surface area (Å²) >= 11 is 0. The third kappa shape index (κ3) is 9.61. The minimum Gasteiger partial charge on any atom is -0.456 e. The maximum atomic E-state index is 14.0. The van der Waals surface area contributed by atoms with Gasteiger partial charge in [-0.05, 0) is 119 Å². The molecule has 4 rings (SSSR count). The molecule has 4 aromatic rings. The lowest BCUT2D eigenvalue weighted by Crippen LogP contribution is -2.21. The van der Waals surface area contributed by atoms with Crippen LogP contribution in [0.4, 0.5) is 4.39 Å². The molecule has 0 fully saturated rings. The van der Waals surface area contributed by atoms with Gasteiger partial charge in [-0.15, -0.1) is 0 Å². The summed E-state index contributed by atoms with van der Waals surface area (Å²) in [5.74, 6) is 0.767. The number of hydrogen-bond acceptors (Lipinski definition) is 4. The highest BCUT2D eigenvalue weighted by Gasteiger charge is 2.23. The van der Waals surface area contributed by atoms with Crippen molar-refractivity contribution in [1.29, 1.82) is 0 Å². The fourth-order valence-corrected chi connectivity index (χ4v) is 5.44. The molecule has 6 heteroatoms. The summed E-state index contributed by atoms with van der Waals surface area (Å²) in [5, 5.41) is 10.8. The van der Waals surface area contributed by atoms with E-state index in [4.69, 9.17) is 4.74 Å². The highest BCUT2D eigenvalue weighted by atomic mass is 19.1. The second kappa shape index (κ2) is 16.0. The molecule has 0 spiro atoms. The number of ketones is 1. The molecular formula is C41H50FNO4. The zero-order chi connectivity index (χ0) is 35.1. The van der Waals surface area contributed by atoms with E-state index in [0.717, 1.165) is 12.8 Å². The summed E-state index contributed by atoms with van der Waals surface area (Å²) in [6, 6.07) is 16.8. The molecule has 47 heavy (non-hydrogen) atoms. The summed E-state index contributed by atoms with van der Waals surface area (Å²) in [6.07, 6.45) is 6.18. The minimum atomic E-state index is -1.13. The van der Waals surface area contributed by atoms with Crippen LogP contribution in [0.25, 0.3) is 17.2 Å². The maximum Gasteiger partial charge on any atom is 0.253 e. The molecule has 0 atom stereocenters. The Labute approximate surface area is 279 Å². The number of aryl methyl sites for hydroxylation is 5. The molecule has 1 N–H and O–H groups in total. The Hall–Kier alpha value is -4.29. The molecule has 250 valence electrons. The number of carbonyl (C=O) groups is 1. The van der Waals surface area contributed by atoms with Crippen molar-refractivity contribution in [2.75, 3.05) is 0 Å². The quantitative estimate of drug-likeness (QED) is 0.175. The standard InChI is InChI=1S/C33H40FNO4.C8H10/c1-9-11-23(29(36)12-10-2)17-26-22(5)32(37)35(8)19-28(26)27-18-24(33(6,7)38)13-14-30(27)39-31-20(3)15-25(34)16-21(31)4;1-7-3-5-8(2)6-4-7/h13-19,38H,9-12H2,1-8H3;3-6H,1-2H3/b23-17+;. The first-order valence-corrected chi connectivity index (χ1v) is 16.4. The molecule has 0 radical (unpaired) electrons. The lowest BCUT2D eigenvalue weighted by atomic mass is 9.90. The van der Waals surface area contributed by atoms with Crippen LogP contribution in [0.2, 0.25) is 0 Å². The fourth-order valence-electron chi connectivity index (χ4n) is 5.44. The Morgan fingerprint density at radius 2 is 1.43 bits per heavy atom. The third-order valence-corrected chi connectivity index (χ3v) is 8.16. The molecule has 0 saturated heterocycles. The van der Waals surface area contributed by atoms with Gasteiger partial charge in [-0.3, -0.25) is 9.59 Å². The van der Waals surface area contributed by atoms with Gasteiger partial charge in [0.15, 0.2) is 5.78 Å². The Morgan fingerprint density at radius 3 is 1.94 bits per heavy atom. The number of benzene rings is 3. The van der Waals surface area contributed by atoms with Crippen LogP contribution >= 0.6 is 0 Å². The number of allylic oxidation sites excluding steroid dienone is 1. The summed E-state index contributed by atoms with van der Waals surface area (Å²) in [5.41, 5.74) is 6.53. The lowest BCUT2D eigenvalue weighted by Gasteiger charge is -2.23. The third-order valence-electron chi connectivity index (χ3n) is 8.16. The van der Waals surface area contributed by atoms with Crippen LogP contribution in [0, 0.1) is 40.4 Å². The van der Waals surface area contributed by atoms with Crippen molar-refractivity contribution >= 4 is 11.9 Å². The minimum absolute atomic E-state index is 0.0738. The first-order chi connectivity index (χ1) is 22.1. The number of aromatic nitrogens is 1. The van der Waals surface area contributed by atoms with Crippen molar-refractivity contribution in [2.45, 2.75) is 93.6 Å². The molecule has 5 nitrogen and oxygen atoms in total. The topological polar surface area (TPSA) is 68.5 Å². The van der Waals surface area contributed by atoms with Crippen LogP contribution in [0.5, 0.6) is 11.5 Å². The summed E-state index contributed by atoms with van der Waals surface area (Å²) in [4.78, 5) is 26.1. The van der Waals surface area contributed by atoms with Gasteiger partial charge in [0.05, 0.1) is 5.60 Å². The molecule has 0 aliphatic rings. The number of aliphatic hydroxyl groups is 1. The predicted octanol–water partition coefficient (Wildman–Crippen LogP) is 9.99. The second-order valence-electron chi connectivity index (χ2n) is 13.0. The van der Waals surface area contributed by atoms with Gasteiger partial charge in [-0.2, -0.15) is 0 Å². The van der Waals surface area contributed by atoms with Crippen molar-refractivity contribution < 1.29 is 19.0 Å². The molecule has 3 aromatic carbocycles. The Balaban J connectivity index is 0.000000653. The van der Waals surface area contributed by atoms with Crippen molar-refractivity contribution in [3.05, 3.63) is 121 Å². The van der Waals surface area contributed by atoms with Crippen LogP contribution in [0.15, 0.2) is 71.2 Å². The number of ether oxygens (including phenoxy) is 1. The molecule has 0 unspecified atom stereocenters. The van der Waals surface area contributed by atoms with E-state index in [9.17, 15) is 19.1 Å². The van der Waals surface area contributed by atoms with Gasteiger partial charge < -0.3 is 14.4 Å². The van der Waals surface area contributed by atoms with Crippen LogP contribution in [0.3, 0.4) is 0 Å². The van der Waals surface area contributed by atoms with Gasteiger partial charge in [0, 0.05) is 36.4 Å². The number of halogens is 1. The fraction of sp³-hybridized carbons (Fsp3) is 0.366. The van der Waals surface area contributed by atoms with Gasteiger partial charge >= 0.3 is 0 Å². The largest absolute Gasteiger partial charge is 0.456 e. The summed E-state index contributed by atoms with van der Waals surface area (Å²) < 4.78 is 22.0. The first kappa shape index (κ1) is 37.2. The highest BCUT2D eigenvalue weighted by Crippen LogP contribution is 2.41. The van der Waals surface area contributed by atoms with Crippen molar-refractivity contribution in [1.82, 2.24) is 4.57 Å². The first-order valence-electron chi connectivity index (χ1n) is 16.4. The van der Waals surface area contributed by atoms with Crippen LogP contribution in [0.1, 0.15) is 92.3 Å². The SMILES string of the molecule is CCCC(=O)/C(=C/c1c(-c2cc(C(C)(C)O)ccc2Oc2c(C)cc(F)cc2C)cn(C)c(=O)c1C)CCC.Cc1ccc(C)cc1. The van der Waals surface area contributed by atoms with E-state index in [2.05, 4.69) is 38.1 Å². The van der Waals surface area contributed by atoms with E-state index in [1.807, 2.05) is 26.0 Å². The predicted molar refractivity (Wildman–Crippen MR) is 192 cm³/mol. The van der Waals surface area contributed by atoms with Crippen molar-refractivity contribution in [3.8, 4) is 22.6 Å². The second-order valence-corrected chi connectivity index (χ2v) is 13.0. The molecule has 0 aliphatic heterocycles. The van der Waals surface area contributed by atoms with E-state index in [-0.39, 0.29) is 17.2 Å². The number of carbonyl (C=O) groups excluding carboxylic acids is 1. The Kier molecular flexibility index (Phi) is 12.7. The maximum absolute atomic E-state index is 14.0. The number of pyridine rings is 1. The van der Waals surface area contributed by atoms with E-state index in [0.29, 0.717) is 68.9 Å². The molecule has 0 amide bonds. The number of rotatable bonds is 10. The van der Waals surface area contributed by atoms with Gasteiger partial charge in [0.25, 0.3) is 5.56 Å². The van der Waals surface area contributed by atoms with Crippen LogP contribution in [-0.4, -0.2) is 15.5 Å². The molecule has 0 saturated carbocycles. The number of hydrogen-bond donors (Lipinski definition) is 1. The summed E-state index contributed by atoms with van der Waals surface area (Å²) in [6.45, 7) is 16.9. The van der Waals surface area contributed by atoms with E-state index < -0.39 is 5.60 Å². The van der Waals surface area contributed by atoms with Gasteiger partial charge in [-0.1, -0.05) is 61.7 Å². The van der Waals surface area contributed by atoms with E-state index in [1.165, 1.54) is 27.8 Å². The van der Waals surface area contributed by atoms with E-state index in [1.54, 1.807) is 60.0 Å². The molecule has 1 heterocycles. The number of nitrogens with zero attached hydrogens (tertiary/aromatic N) is 1. The summed E-state index contributed by atoms with van der Waals surface area (Å²) in [7, 11) is 1.69. The van der Waals surface area contributed by atoms with Gasteiger partial charge in [0.2, 0.25) is 0 Å². The molecule has 1 aromatic heterocycles. The Bertz CT molecular complexity index is 1760. The molecule has 0 aliphatic carbocycles. The van der Waals surface area contributed by atoms with Gasteiger partial charge in [-0.25, -0.2) is 4.39 Å². The Morgan fingerprint density at radius 1 is 0.872 bits per heavy atom. The highest BCUT2D eigenvalue weighted by molar-refractivity contribution is 6.00. The van der Waals surface area contributed by atoms with Crippen LogP contribution in [-0.2, 0) is 17.4 Å². The average Bonchev–Trinajstić information content (AvgIpc) is 3.00.